The molecule has 0 aliphatic heterocycles. The average molecular weight is 499 g/mol. The number of benzene rings is 2. The molecular weight excluding hydrogens is 465 g/mol. The van der Waals surface area contributed by atoms with Crippen molar-refractivity contribution in [2.75, 3.05) is 0 Å². The second kappa shape index (κ2) is 11.8. The Balaban J connectivity index is 1.36. The van der Waals surface area contributed by atoms with E-state index in [1.54, 1.807) is 13.0 Å². The van der Waals surface area contributed by atoms with E-state index in [2.05, 4.69) is 12.7 Å². The number of esters is 1. The SMILES string of the molecule is C=CC1CCC(C2CCC(c3ccc(C(=O)Oc4ccc(O/C=C/C)c(F)c4F)c(F)c3)CC2)CC1. The third-order valence-electron chi connectivity index (χ3n) is 7.82. The molecule has 3 nitrogen and oxygen atoms in total. The van der Waals surface area contributed by atoms with E-state index in [0.717, 1.165) is 55.2 Å². The molecule has 0 amide bonds. The highest BCUT2D eigenvalue weighted by Crippen LogP contribution is 2.44. The van der Waals surface area contributed by atoms with Crippen LogP contribution in [0.1, 0.15) is 80.1 Å². The second-order valence-corrected chi connectivity index (χ2v) is 9.93. The van der Waals surface area contributed by atoms with Crippen LogP contribution in [0.2, 0.25) is 0 Å². The first-order valence-corrected chi connectivity index (χ1v) is 12.8. The summed E-state index contributed by atoms with van der Waals surface area (Å²) in [5.41, 5.74) is 0.543. The van der Waals surface area contributed by atoms with Gasteiger partial charge in [-0.3, -0.25) is 0 Å². The number of carbonyl (C=O) groups excluding carboxylic acids is 1. The summed E-state index contributed by atoms with van der Waals surface area (Å²) in [6.07, 6.45) is 14.1. The molecule has 6 heteroatoms. The summed E-state index contributed by atoms with van der Waals surface area (Å²) < 4.78 is 53.3. The molecule has 0 heterocycles. The molecule has 0 N–H and O–H groups in total. The molecule has 0 unspecified atom stereocenters. The van der Waals surface area contributed by atoms with Crippen molar-refractivity contribution >= 4 is 5.97 Å². The summed E-state index contributed by atoms with van der Waals surface area (Å²) in [4.78, 5) is 12.5. The maximum atomic E-state index is 14.9. The first kappa shape index (κ1) is 26.1. The van der Waals surface area contributed by atoms with Crippen molar-refractivity contribution in [3.63, 3.8) is 0 Å². The van der Waals surface area contributed by atoms with E-state index in [-0.39, 0.29) is 17.2 Å². The number of hydrogen-bond donors (Lipinski definition) is 0. The lowest BCUT2D eigenvalue weighted by Crippen LogP contribution is -2.25. The van der Waals surface area contributed by atoms with Crippen LogP contribution in [0.15, 0.2) is 55.3 Å². The largest absolute Gasteiger partial charge is 0.462 e. The Labute approximate surface area is 211 Å². The minimum absolute atomic E-state index is 0.251. The maximum Gasteiger partial charge on any atom is 0.346 e. The monoisotopic (exact) mass is 498 g/mol. The first-order valence-electron chi connectivity index (χ1n) is 12.8. The maximum absolute atomic E-state index is 14.9. The van der Waals surface area contributed by atoms with E-state index in [1.165, 1.54) is 50.2 Å². The zero-order valence-corrected chi connectivity index (χ0v) is 20.7. The second-order valence-electron chi connectivity index (χ2n) is 9.93. The average Bonchev–Trinajstić information content (AvgIpc) is 2.91. The van der Waals surface area contributed by atoms with Gasteiger partial charge in [0.15, 0.2) is 11.5 Å². The molecule has 2 aliphatic carbocycles. The summed E-state index contributed by atoms with van der Waals surface area (Å²) in [6.45, 7) is 5.59. The van der Waals surface area contributed by atoms with Gasteiger partial charge in [0.25, 0.3) is 0 Å². The number of carbonyl (C=O) groups is 1. The van der Waals surface area contributed by atoms with E-state index >= 15 is 0 Å². The van der Waals surface area contributed by atoms with Crippen LogP contribution in [0.25, 0.3) is 0 Å². The minimum atomic E-state index is -1.38. The molecule has 2 aromatic carbocycles. The predicted molar refractivity (Wildman–Crippen MR) is 134 cm³/mol. The van der Waals surface area contributed by atoms with E-state index in [0.29, 0.717) is 5.92 Å². The third-order valence-corrected chi connectivity index (χ3v) is 7.82. The molecule has 2 aromatic rings. The van der Waals surface area contributed by atoms with Crippen molar-refractivity contribution in [3.05, 3.63) is 83.9 Å². The van der Waals surface area contributed by atoms with Crippen LogP contribution >= 0.6 is 0 Å². The molecule has 0 radical (unpaired) electrons. The molecule has 192 valence electrons. The quantitative estimate of drug-likeness (QED) is 0.166. The molecule has 2 fully saturated rings. The van der Waals surface area contributed by atoms with Gasteiger partial charge in [-0.1, -0.05) is 18.2 Å². The van der Waals surface area contributed by atoms with Crippen molar-refractivity contribution in [1.82, 2.24) is 0 Å². The standard InChI is InChI=1S/C30H33F3O3/c1-3-17-35-26-15-16-27(29(33)28(26)32)36-30(34)24-14-13-23(18-25(24)31)22-11-9-21(10-12-22)20-7-5-19(4-2)6-8-20/h3-4,13-22H,2,5-12H2,1H3/b17-3+. The zero-order chi connectivity index (χ0) is 25.7. The lowest BCUT2D eigenvalue weighted by Gasteiger charge is -2.37. The number of halogens is 3. The van der Waals surface area contributed by atoms with Crippen molar-refractivity contribution < 1.29 is 27.4 Å². The van der Waals surface area contributed by atoms with Gasteiger partial charge in [-0.2, -0.15) is 8.78 Å². The molecule has 0 bridgehead atoms. The van der Waals surface area contributed by atoms with Crippen LogP contribution in [0.4, 0.5) is 13.2 Å². The van der Waals surface area contributed by atoms with Gasteiger partial charge in [0.1, 0.15) is 5.82 Å². The van der Waals surface area contributed by atoms with Gasteiger partial charge >= 0.3 is 5.97 Å². The number of ether oxygens (including phenoxy) is 2. The summed E-state index contributed by atoms with van der Waals surface area (Å²) in [7, 11) is 0. The van der Waals surface area contributed by atoms with Crippen molar-refractivity contribution in [3.8, 4) is 11.5 Å². The van der Waals surface area contributed by atoms with Crippen LogP contribution < -0.4 is 9.47 Å². The van der Waals surface area contributed by atoms with Crippen LogP contribution in [0.3, 0.4) is 0 Å². The molecule has 0 atom stereocenters. The van der Waals surface area contributed by atoms with E-state index in [9.17, 15) is 18.0 Å². The molecule has 4 rings (SSSR count). The van der Waals surface area contributed by atoms with E-state index in [1.807, 2.05) is 0 Å². The summed E-state index contributed by atoms with van der Waals surface area (Å²) >= 11 is 0. The normalized spacial score (nSPS) is 24.4. The van der Waals surface area contributed by atoms with Gasteiger partial charge in [0.2, 0.25) is 11.6 Å². The van der Waals surface area contributed by atoms with Gasteiger partial charge in [-0.05, 0) is 112 Å². The highest BCUT2D eigenvalue weighted by molar-refractivity contribution is 5.91. The van der Waals surface area contributed by atoms with E-state index < -0.39 is 29.2 Å². The van der Waals surface area contributed by atoms with Gasteiger partial charge in [-0.25, -0.2) is 9.18 Å². The Morgan fingerprint density at radius 1 is 0.889 bits per heavy atom. The Morgan fingerprint density at radius 3 is 2.11 bits per heavy atom. The minimum Gasteiger partial charge on any atom is -0.462 e. The topological polar surface area (TPSA) is 35.5 Å². The molecule has 0 aromatic heterocycles. The molecule has 0 saturated heterocycles. The molecule has 2 saturated carbocycles. The number of hydrogen-bond acceptors (Lipinski definition) is 3. The van der Waals surface area contributed by atoms with Gasteiger partial charge in [0, 0.05) is 0 Å². The van der Waals surface area contributed by atoms with E-state index in [4.69, 9.17) is 9.47 Å². The zero-order valence-electron chi connectivity index (χ0n) is 20.7. The van der Waals surface area contributed by atoms with Crippen molar-refractivity contribution in [2.24, 2.45) is 17.8 Å². The van der Waals surface area contributed by atoms with Crippen molar-refractivity contribution in [1.29, 1.82) is 0 Å². The fourth-order valence-electron chi connectivity index (χ4n) is 5.71. The van der Waals surface area contributed by atoms with Gasteiger partial charge in [-0.15, -0.1) is 6.58 Å². The van der Waals surface area contributed by atoms with Crippen LogP contribution in [0, 0.1) is 35.2 Å². The lowest BCUT2D eigenvalue weighted by atomic mass is 9.68. The molecule has 36 heavy (non-hydrogen) atoms. The van der Waals surface area contributed by atoms with Crippen molar-refractivity contribution in [2.45, 2.75) is 64.2 Å². The van der Waals surface area contributed by atoms with Crippen LogP contribution in [-0.2, 0) is 0 Å². The Morgan fingerprint density at radius 2 is 1.50 bits per heavy atom. The molecular formula is C30H33F3O3. The predicted octanol–water partition coefficient (Wildman–Crippen LogP) is 8.50. The lowest BCUT2D eigenvalue weighted by molar-refractivity contribution is 0.0721. The highest BCUT2D eigenvalue weighted by Gasteiger charge is 2.31. The smallest absolute Gasteiger partial charge is 0.346 e. The summed E-state index contributed by atoms with van der Waals surface area (Å²) in [5.74, 6) is -3.03. The number of rotatable bonds is 7. The van der Waals surface area contributed by atoms with Gasteiger partial charge < -0.3 is 9.47 Å². The first-order chi connectivity index (χ1) is 17.4. The molecule has 2 aliphatic rings. The Kier molecular flexibility index (Phi) is 8.55. The Hall–Kier alpha value is -3.02. The fraction of sp³-hybridized carbons (Fsp3) is 0.433. The third kappa shape index (κ3) is 5.85. The molecule has 0 spiro atoms. The summed E-state index contributed by atoms with van der Waals surface area (Å²) in [6, 6.07) is 6.70. The highest BCUT2D eigenvalue weighted by atomic mass is 19.2. The van der Waals surface area contributed by atoms with Crippen LogP contribution in [0.5, 0.6) is 11.5 Å². The van der Waals surface area contributed by atoms with Crippen LogP contribution in [-0.4, -0.2) is 5.97 Å². The van der Waals surface area contributed by atoms with Gasteiger partial charge in [0.05, 0.1) is 11.8 Å². The summed E-state index contributed by atoms with van der Waals surface area (Å²) in [5, 5.41) is 0. The Bertz CT molecular complexity index is 1110. The number of allylic oxidation sites excluding steroid dienone is 2. The fourth-order valence-corrected chi connectivity index (χ4v) is 5.71.